The SMILES string of the molecule is CS(=O)(=O)Oc1c(C#N)cc2ccccc2c1C(=O)NCC(CCO)c1ccc(Cl)c(Cl)c1. The zero-order valence-corrected chi connectivity index (χ0v) is 19.8. The third kappa shape index (κ3) is 5.95. The largest absolute Gasteiger partial charge is 0.396 e. The van der Waals surface area contributed by atoms with Gasteiger partial charge >= 0.3 is 10.1 Å². The number of nitrogens with zero attached hydrogens (tertiary/aromatic N) is 1. The lowest BCUT2D eigenvalue weighted by Crippen LogP contribution is -2.30. The number of nitriles is 1. The summed E-state index contributed by atoms with van der Waals surface area (Å²) >= 11 is 12.1. The minimum Gasteiger partial charge on any atom is -0.396 e. The van der Waals surface area contributed by atoms with Crippen molar-refractivity contribution in [2.24, 2.45) is 0 Å². The van der Waals surface area contributed by atoms with Crippen LogP contribution in [0.25, 0.3) is 10.8 Å². The predicted octanol–water partition coefficient (Wildman–Crippen LogP) is 4.25. The first kappa shape index (κ1) is 24.8. The number of benzene rings is 3. The van der Waals surface area contributed by atoms with Crippen molar-refractivity contribution in [1.29, 1.82) is 5.26 Å². The van der Waals surface area contributed by atoms with Gasteiger partial charge in [-0.2, -0.15) is 13.7 Å². The molecule has 3 rings (SSSR count). The number of hydrogen-bond donors (Lipinski definition) is 2. The van der Waals surface area contributed by atoms with Crippen LogP contribution in [-0.2, 0) is 10.1 Å². The van der Waals surface area contributed by atoms with E-state index in [4.69, 9.17) is 27.4 Å². The van der Waals surface area contributed by atoms with Crippen LogP contribution in [-0.4, -0.2) is 38.8 Å². The standard InChI is InChI=1S/C23H20Cl2N2O5S/c1-33(30,31)32-22-17(12-26)10-15-4-2-3-5-18(15)21(22)23(29)27-13-16(8-9-28)14-6-7-19(24)20(25)11-14/h2-7,10-11,16,28H,8-9,13H2,1H3,(H,27,29). The van der Waals surface area contributed by atoms with E-state index in [1.807, 2.05) is 6.07 Å². The first-order valence-corrected chi connectivity index (χ1v) is 12.4. The number of aliphatic hydroxyl groups excluding tert-OH is 1. The molecule has 3 aromatic rings. The lowest BCUT2D eigenvalue weighted by atomic mass is 9.95. The molecule has 1 unspecified atom stereocenters. The number of halogens is 2. The molecule has 0 spiro atoms. The molecule has 172 valence electrons. The lowest BCUT2D eigenvalue weighted by molar-refractivity contribution is 0.0949. The van der Waals surface area contributed by atoms with E-state index in [1.165, 1.54) is 6.07 Å². The predicted molar refractivity (Wildman–Crippen MR) is 127 cm³/mol. The molecule has 0 aliphatic carbocycles. The van der Waals surface area contributed by atoms with Crippen LogP contribution in [0.15, 0.2) is 48.5 Å². The molecule has 1 amide bonds. The Labute approximate surface area is 201 Å². The molecule has 10 heteroatoms. The fraction of sp³-hybridized carbons (Fsp3) is 0.217. The average molecular weight is 507 g/mol. The molecule has 0 saturated carbocycles. The molecule has 0 saturated heterocycles. The van der Waals surface area contributed by atoms with Crippen molar-refractivity contribution in [3.05, 3.63) is 75.3 Å². The number of fused-ring (bicyclic) bond motifs is 1. The van der Waals surface area contributed by atoms with Crippen LogP contribution < -0.4 is 9.50 Å². The van der Waals surface area contributed by atoms with E-state index in [9.17, 15) is 23.6 Å². The Morgan fingerprint density at radius 2 is 1.91 bits per heavy atom. The van der Waals surface area contributed by atoms with E-state index >= 15 is 0 Å². The van der Waals surface area contributed by atoms with Gasteiger partial charge in [-0.3, -0.25) is 4.79 Å². The van der Waals surface area contributed by atoms with Gasteiger partial charge in [-0.25, -0.2) is 0 Å². The second-order valence-corrected chi connectivity index (χ2v) is 9.73. The quantitative estimate of drug-likeness (QED) is 0.441. The maximum atomic E-state index is 13.3. The summed E-state index contributed by atoms with van der Waals surface area (Å²) in [5.41, 5.74) is 0.620. The van der Waals surface area contributed by atoms with Crippen molar-refractivity contribution in [2.45, 2.75) is 12.3 Å². The Kier molecular flexibility index (Phi) is 7.82. The highest BCUT2D eigenvalue weighted by Gasteiger charge is 2.24. The van der Waals surface area contributed by atoms with Crippen LogP contribution in [0.1, 0.15) is 33.8 Å². The Bertz CT molecular complexity index is 1350. The van der Waals surface area contributed by atoms with Gasteiger partial charge in [-0.1, -0.05) is 53.5 Å². The van der Waals surface area contributed by atoms with Crippen molar-refractivity contribution in [2.75, 3.05) is 19.4 Å². The topological polar surface area (TPSA) is 116 Å². The van der Waals surface area contributed by atoms with E-state index < -0.39 is 16.0 Å². The van der Waals surface area contributed by atoms with Gasteiger partial charge in [0.1, 0.15) is 6.07 Å². The smallest absolute Gasteiger partial charge is 0.306 e. The second-order valence-electron chi connectivity index (χ2n) is 7.34. The summed E-state index contributed by atoms with van der Waals surface area (Å²) in [4.78, 5) is 13.3. The molecule has 0 heterocycles. The molecule has 0 aromatic heterocycles. The van der Waals surface area contributed by atoms with Crippen LogP contribution in [0.5, 0.6) is 5.75 Å². The zero-order valence-electron chi connectivity index (χ0n) is 17.5. The summed E-state index contributed by atoms with van der Waals surface area (Å²) in [7, 11) is -4.02. The summed E-state index contributed by atoms with van der Waals surface area (Å²) in [6.07, 6.45) is 1.18. The molecular weight excluding hydrogens is 487 g/mol. The van der Waals surface area contributed by atoms with Gasteiger partial charge in [0.05, 0.1) is 27.4 Å². The number of rotatable bonds is 8. The fourth-order valence-corrected chi connectivity index (χ4v) is 4.27. The Hall–Kier alpha value is -2.83. The summed E-state index contributed by atoms with van der Waals surface area (Å²) in [5.74, 6) is -1.24. The van der Waals surface area contributed by atoms with Crippen molar-refractivity contribution < 1.29 is 22.5 Å². The monoisotopic (exact) mass is 506 g/mol. The van der Waals surface area contributed by atoms with Gasteiger partial charge in [-0.05, 0) is 41.0 Å². The molecule has 33 heavy (non-hydrogen) atoms. The second kappa shape index (κ2) is 10.4. The minimum absolute atomic E-state index is 0.0630. The van der Waals surface area contributed by atoms with Gasteiger partial charge in [0, 0.05) is 19.1 Å². The molecule has 2 N–H and O–H groups in total. The van der Waals surface area contributed by atoms with Crippen molar-refractivity contribution in [3.63, 3.8) is 0 Å². The first-order valence-electron chi connectivity index (χ1n) is 9.84. The number of aliphatic hydroxyl groups is 1. The number of carbonyl (C=O) groups excluding carboxylic acids is 1. The Morgan fingerprint density at radius 3 is 2.55 bits per heavy atom. The van der Waals surface area contributed by atoms with E-state index in [1.54, 1.807) is 42.5 Å². The molecule has 0 bridgehead atoms. The van der Waals surface area contributed by atoms with E-state index in [2.05, 4.69) is 5.32 Å². The molecule has 0 aliphatic heterocycles. The molecule has 3 aromatic carbocycles. The number of amides is 1. The van der Waals surface area contributed by atoms with Crippen molar-refractivity contribution in [1.82, 2.24) is 5.32 Å². The number of nitrogens with one attached hydrogen (secondary N) is 1. The van der Waals surface area contributed by atoms with E-state index in [0.717, 1.165) is 11.8 Å². The summed E-state index contributed by atoms with van der Waals surface area (Å²) in [6.45, 7) is -0.0170. The van der Waals surface area contributed by atoms with E-state index in [0.29, 0.717) is 27.2 Å². The third-order valence-electron chi connectivity index (χ3n) is 4.99. The van der Waals surface area contributed by atoms with Crippen molar-refractivity contribution in [3.8, 4) is 11.8 Å². The summed E-state index contributed by atoms with van der Waals surface area (Å²) in [6, 6.07) is 15.2. The summed E-state index contributed by atoms with van der Waals surface area (Å²) < 4.78 is 28.8. The van der Waals surface area contributed by atoms with Crippen LogP contribution >= 0.6 is 23.2 Å². The molecule has 0 radical (unpaired) electrons. The highest BCUT2D eigenvalue weighted by molar-refractivity contribution is 7.86. The molecule has 1 atom stereocenters. The van der Waals surface area contributed by atoms with Gasteiger partial charge in [0.25, 0.3) is 5.91 Å². The minimum atomic E-state index is -4.02. The lowest BCUT2D eigenvalue weighted by Gasteiger charge is -2.19. The van der Waals surface area contributed by atoms with Gasteiger partial charge in [0.2, 0.25) is 0 Å². The highest BCUT2D eigenvalue weighted by Crippen LogP contribution is 2.33. The van der Waals surface area contributed by atoms with Crippen LogP contribution in [0.2, 0.25) is 10.0 Å². The van der Waals surface area contributed by atoms with Crippen molar-refractivity contribution >= 4 is 50.0 Å². The van der Waals surface area contributed by atoms with Crippen LogP contribution in [0.3, 0.4) is 0 Å². The van der Waals surface area contributed by atoms with Gasteiger partial charge in [-0.15, -0.1) is 0 Å². The summed E-state index contributed by atoms with van der Waals surface area (Å²) in [5, 5.41) is 23.6. The van der Waals surface area contributed by atoms with E-state index in [-0.39, 0.29) is 35.9 Å². The molecule has 0 aliphatic rings. The maximum Gasteiger partial charge on any atom is 0.306 e. The first-order chi connectivity index (χ1) is 15.6. The maximum absolute atomic E-state index is 13.3. The molecular formula is C23H20Cl2N2O5S. The number of hydrogen-bond acceptors (Lipinski definition) is 6. The molecule has 0 fully saturated rings. The Morgan fingerprint density at radius 1 is 1.18 bits per heavy atom. The molecule has 7 nitrogen and oxygen atoms in total. The normalized spacial score (nSPS) is 12.2. The Balaban J connectivity index is 2.02. The zero-order chi connectivity index (χ0) is 24.2. The van der Waals surface area contributed by atoms with Gasteiger partial charge in [0.15, 0.2) is 5.75 Å². The van der Waals surface area contributed by atoms with Gasteiger partial charge < -0.3 is 14.6 Å². The number of carbonyl (C=O) groups is 1. The van der Waals surface area contributed by atoms with Crippen LogP contribution in [0.4, 0.5) is 0 Å². The fourth-order valence-electron chi connectivity index (χ4n) is 3.49. The third-order valence-corrected chi connectivity index (χ3v) is 6.19. The van der Waals surface area contributed by atoms with Crippen LogP contribution in [0, 0.1) is 11.3 Å². The average Bonchev–Trinajstić information content (AvgIpc) is 2.76. The highest BCUT2D eigenvalue weighted by atomic mass is 35.5.